The molecule has 21 heavy (non-hydrogen) atoms. The van der Waals surface area contributed by atoms with Crippen molar-refractivity contribution in [2.24, 2.45) is 0 Å². The van der Waals surface area contributed by atoms with E-state index in [1.807, 2.05) is 30.3 Å². The molecule has 0 unspecified atom stereocenters. The molecule has 0 saturated heterocycles. The summed E-state index contributed by atoms with van der Waals surface area (Å²) in [7, 11) is 0. The molecule has 3 nitrogen and oxygen atoms in total. The molecule has 0 saturated carbocycles. The number of aromatic carboxylic acids is 1. The number of thiazole rings is 1. The highest BCUT2D eigenvalue weighted by Crippen LogP contribution is 2.34. The number of halogens is 1. The van der Waals surface area contributed by atoms with Gasteiger partial charge in [-0.05, 0) is 12.1 Å². The maximum absolute atomic E-state index is 11.5. The number of carboxylic acid groups (broad SMARTS) is 1. The van der Waals surface area contributed by atoms with Gasteiger partial charge in [-0.3, -0.25) is 0 Å². The van der Waals surface area contributed by atoms with Crippen LogP contribution in [-0.2, 0) is 0 Å². The molecule has 0 atom stereocenters. The lowest BCUT2D eigenvalue weighted by atomic mass is 10.1. The molecule has 1 N–H and O–H groups in total. The van der Waals surface area contributed by atoms with E-state index < -0.39 is 5.97 Å². The highest BCUT2D eigenvalue weighted by Gasteiger charge is 2.19. The zero-order valence-electron chi connectivity index (χ0n) is 10.8. The van der Waals surface area contributed by atoms with Gasteiger partial charge in [0.2, 0.25) is 0 Å². The van der Waals surface area contributed by atoms with Crippen molar-refractivity contribution in [1.29, 1.82) is 0 Å². The minimum Gasteiger partial charge on any atom is -0.477 e. The van der Waals surface area contributed by atoms with Gasteiger partial charge in [-0.15, -0.1) is 11.3 Å². The summed E-state index contributed by atoms with van der Waals surface area (Å²) in [6.07, 6.45) is 0. The van der Waals surface area contributed by atoms with Crippen LogP contribution in [-0.4, -0.2) is 16.1 Å². The Balaban J connectivity index is 2.14. The lowest BCUT2D eigenvalue weighted by Crippen LogP contribution is -1.95. The van der Waals surface area contributed by atoms with Crippen LogP contribution in [0.5, 0.6) is 0 Å². The zero-order valence-corrected chi connectivity index (χ0v) is 12.4. The summed E-state index contributed by atoms with van der Waals surface area (Å²) in [5, 5.41) is 10.7. The lowest BCUT2D eigenvalue weighted by molar-refractivity contribution is 0.0702. The van der Waals surface area contributed by atoms with E-state index in [-0.39, 0.29) is 4.88 Å². The van der Waals surface area contributed by atoms with Crippen LogP contribution in [0.25, 0.3) is 21.8 Å². The molecular formula is C16H10ClNO2S. The summed E-state index contributed by atoms with van der Waals surface area (Å²) in [4.78, 5) is 16.2. The van der Waals surface area contributed by atoms with Gasteiger partial charge >= 0.3 is 5.97 Å². The van der Waals surface area contributed by atoms with Crippen LogP contribution in [0.1, 0.15) is 9.67 Å². The molecule has 0 aliphatic carbocycles. The maximum Gasteiger partial charge on any atom is 0.348 e. The van der Waals surface area contributed by atoms with E-state index in [1.54, 1.807) is 24.3 Å². The number of nitrogens with zero attached hydrogens (tertiary/aromatic N) is 1. The van der Waals surface area contributed by atoms with E-state index >= 15 is 0 Å². The number of carbonyl (C=O) groups is 1. The fraction of sp³-hybridized carbons (Fsp3) is 0. The van der Waals surface area contributed by atoms with Gasteiger partial charge in [-0.25, -0.2) is 9.78 Å². The second kappa shape index (κ2) is 5.68. The van der Waals surface area contributed by atoms with E-state index in [2.05, 4.69) is 4.98 Å². The predicted molar refractivity (Wildman–Crippen MR) is 85.0 cm³/mol. The fourth-order valence-electron chi connectivity index (χ4n) is 1.97. The number of carboxylic acids is 1. The third-order valence-corrected chi connectivity index (χ3v) is 4.30. The molecule has 1 heterocycles. The topological polar surface area (TPSA) is 50.2 Å². The van der Waals surface area contributed by atoms with Gasteiger partial charge in [-0.1, -0.05) is 54.1 Å². The Morgan fingerprint density at radius 1 is 1.00 bits per heavy atom. The van der Waals surface area contributed by atoms with Crippen LogP contribution < -0.4 is 0 Å². The molecule has 0 aliphatic heterocycles. The number of hydrogen-bond acceptors (Lipinski definition) is 3. The molecule has 0 amide bonds. The first-order valence-corrected chi connectivity index (χ1v) is 7.40. The summed E-state index contributed by atoms with van der Waals surface area (Å²) in [6, 6.07) is 16.5. The van der Waals surface area contributed by atoms with Crippen molar-refractivity contribution in [3.8, 4) is 21.8 Å². The highest BCUT2D eigenvalue weighted by molar-refractivity contribution is 7.17. The summed E-state index contributed by atoms with van der Waals surface area (Å²) < 4.78 is 0. The number of aromatic nitrogens is 1. The van der Waals surface area contributed by atoms with Crippen LogP contribution in [0.4, 0.5) is 0 Å². The maximum atomic E-state index is 11.5. The minimum absolute atomic E-state index is 0.233. The van der Waals surface area contributed by atoms with Gasteiger partial charge in [0.25, 0.3) is 0 Å². The smallest absolute Gasteiger partial charge is 0.348 e. The van der Waals surface area contributed by atoms with Crippen molar-refractivity contribution in [3.05, 3.63) is 64.5 Å². The first-order chi connectivity index (χ1) is 10.1. The molecule has 2 aromatic carbocycles. The van der Waals surface area contributed by atoms with E-state index in [9.17, 15) is 9.90 Å². The van der Waals surface area contributed by atoms with Crippen LogP contribution in [0.15, 0.2) is 54.6 Å². The molecule has 3 rings (SSSR count). The molecule has 0 radical (unpaired) electrons. The van der Waals surface area contributed by atoms with Gasteiger partial charge in [0, 0.05) is 16.1 Å². The monoisotopic (exact) mass is 315 g/mol. The molecule has 1 aromatic heterocycles. The second-order valence-corrected chi connectivity index (χ2v) is 5.81. The van der Waals surface area contributed by atoms with Crippen molar-refractivity contribution >= 4 is 28.9 Å². The Morgan fingerprint density at radius 3 is 2.29 bits per heavy atom. The highest BCUT2D eigenvalue weighted by atomic mass is 35.5. The fourth-order valence-corrected chi connectivity index (χ4v) is 3.03. The molecular weight excluding hydrogens is 306 g/mol. The van der Waals surface area contributed by atoms with Gasteiger partial charge in [0.05, 0.1) is 5.69 Å². The quantitative estimate of drug-likeness (QED) is 0.753. The SMILES string of the molecule is O=C(O)c1sc(-c2ccccc2)nc1-c1ccc(Cl)cc1. The van der Waals surface area contributed by atoms with E-state index in [1.165, 1.54) is 11.3 Å². The zero-order chi connectivity index (χ0) is 14.8. The third kappa shape index (κ3) is 2.82. The molecule has 0 fully saturated rings. The van der Waals surface area contributed by atoms with Crippen LogP contribution in [0, 0.1) is 0 Å². The molecule has 0 spiro atoms. The second-order valence-electron chi connectivity index (χ2n) is 4.37. The average molecular weight is 316 g/mol. The summed E-state index contributed by atoms with van der Waals surface area (Å²) in [6.45, 7) is 0. The Labute approximate surface area is 130 Å². The van der Waals surface area contributed by atoms with Crippen molar-refractivity contribution in [2.45, 2.75) is 0 Å². The Morgan fingerprint density at radius 2 is 1.67 bits per heavy atom. The van der Waals surface area contributed by atoms with Crippen molar-refractivity contribution in [3.63, 3.8) is 0 Å². The predicted octanol–water partition coefficient (Wildman–Crippen LogP) is 4.83. The first kappa shape index (κ1) is 13.8. The van der Waals surface area contributed by atoms with Crippen LogP contribution >= 0.6 is 22.9 Å². The van der Waals surface area contributed by atoms with Crippen LogP contribution in [0.2, 0.25) is 5.02 Å². The molecule has 5 heteroatoms. The van der Waals surface area contributed by atoms with Gasteiger partial charge in [-0.2, -0.15) is 0 Å². The van der Waals surface area contributed by atoms with Crippen LogP contribution in [0.3, 0.4) is 0 Å². The van der Waals surface area contributed by atoms with E-state index in [0.29, 0.717) is 15.7 Å². The standard InChI is InChI=1S/C16H10ClNO2S/c17-12-8-6-10(7-9-12)13-14(16(19)20)21-15(18-13)11-4-2-1-3-5-11/h1-9H,(H,19,20). The third-order valence-electron chi connectivity index (χ3n) is 2.96. The first-order valence-electron chi connectivity index (χ1n) is 6.20. The van der Waals surface area contributed by atoms with Crippen molar-refractivity contribution < 1.29 is 9.90 Å². The van der Waals surface area contributed by atoms with E-state index in [0.717, 1.165) is 11.1 Å². The van der Waals surface area contributed by atoms with Crippen molar-refractivity contribution in [1.82, 2.24) is 4.98 Å². The molecule has 3 aromatic rings. The van der Waals surface area contributed by atoms with Crippen molar-refractivity contribution in [2.75, 3.05) is 0 Å². The Bertz CT molecular complexity index is 782. The summed E-state index contributed by atoms with van der Waals surface area (Å²) in [5.41, 5.74) is 2.13. The average Bonchev–Trinajstić information content (AvgIpc) is 2.94. The van der Waals surface area contributed by atoms with Gasteiger partial charge in [0.15, 0.2) is 0 Å². The minimum atomic E-state index is -0.973. The number of hydrogen-bond donors (Lipinski definition) is 1. The number of benzene rings is 2. The van der Waals surface area contributed by atoms with E-state index in [4.69, 9.17) is 11.6 Å². The Hall–Kier alpha value is -2.17. The summed E-state index contributed by atoms with van der Waals surface area (Å²) in [5.74, 6) is -0.973. The summed E-state index contributed by atoms with van der Waals surface area (Å²) >= 11 is 7.04. The van der Waals surface area contributed by atoms with Gasteiger partial charge in [0.1, 0.15) is 9.88 Å². The molecule has 104 valence electrons. The molecule has 0 bridgehead atoms. The lowest BCUT2D eigenvalue weighted by Gasteiger charge is -1.99. The molecule has 0 aliphatic rings. The largest absolute Gasteiger partial charge is 0.477 e. The normalized spacial score (nSPS) is 10.5. The van der Waals surface area contributed by atoms with Gasteiger partial charge < -0.3 is 5.11 Å². The Kier molecular flexibility index (Phi) is 3.73. The number of rotatable bonds is 3.